The second kappa shape index (κ2) is 9.33. The van der Waals surface area contributed by atoms with Crippen molar-refractivity contribution in [1.82, 2.24) is 10.2 Å². The molecule has 1 N–H and O–H groups in total. The molecule has 1 atom stereocenters. The van der Waals surface area contributed by atoms with Crippen LogP contribution in [0.4, 0.5) is 0 Å². The molecule has 0 radical (unpaired) electrons. The smallest absolute Gasteiger partial charge is 0.179 e. The van der Waals surface area contributed by atoms with E-state index < -0.39 is 0 Å². The zero-order chi connectivity index (χ0) is 16.7. The van der Waals surface area contributed by atoms with Crippen molar-refractivity contribution >= 4 is 11.6 Å². The lowest BCUT2D eigenvalue weighted by molar-refractivity contribution is -0.0253. The van der Waals surface area contributed by atoms with Crippen LogP contribution in [0.5, 0.6) is 11.5 Å². The van der Waals surface area contributed by atoms with Crippen molar-refractivity contribution in [3.05, 3.63) is 22.7 Å². The fourth-order valence-corrected chi connectivity index (χ4v) is 3.06. The van der Waals surface area contributed by atoms with E-state index in [1.165, 1.54) is 0 Å². The molecule has 23 heavy (non-hydrogen) atoms. The Labute approximate surface area is 143 Å². The molecular weight excluding hydrogens is 316 g/mol. The minimum atomic E-state index is 0.240. The topological polar surface area (TPSA) is 43.0 Å². The van der Waals surface area contributed by atoms with E-state index in [2.05, 4.69) is 17.1 Å². The average Bonchev–Trinajstić information content (AvgIpc) is 2.55. The van der Waals surface area contributed by atoms with E-state index in [9.17, 15) is 0 Å². The number of methoxy groups -OCH3 is 1. The number of hydrogen-bond donors (Lipinski definition) is 1. The van der Waals surface area contributed by atoms with Gasteiger partial charge in [0.2, 0.25) is 0 Å². The molecule has 0 spiro atoms. The van der Waals surface area contributed by atoms with Crippen LogP contribution in [0.1, 0.15) is 19.4 Å². The second-order valence-electron chi connectivity index (χ2n) is 5.56. The quantitative estimate of drug-likeness (QED) is 0.786. The lowest BCUT2D eigenvalue weighted by Crippen LogP contribution is -2.46. The van der Waals surface area contributed by atoms with Crippen LogP contribution in [0.15, 0.2) is 12.1 Å². The lowest BCUT2D eigenvalue weighted by atomic mass is 10.2. The molecule has 0 bridgehead atoms. The molecule has 1 heterocycles. The molecule has 1 aliphatic rings. The monoisotopic (exact) mass is 342 g/mol. The standard InChI is InChI=1S/C17H27ClN2O3/c1-4-20-6-7-23-14(12-20)11-19-10-13-8-15(18)17(21-3)16(9-13)22-5-2/h8-9,14,19H,4-7,10-12H2,1-3H3/t14-/m0/s1. The highest BCUT2D eigenvalue weighted by molar-refractivity contribution is 6.32. The Morgan fingerprint density at radius 1 is 1.39 bits per heavy atom. The number of rotatable bonds is 8. The first-order valence-corrected chi connectivity index (χ1v) is 8.59. The number of nitrogens with zero attached hydrogens (tertiary/aromatic N) is 1. The van der Waals surface area contributed by atoms with Gasteiger partial charge in [0.25, 0.3) is 0 Å². The third kappa shape index (κ3) is 5.24. The number of benzene rings is 1. The summed E-state index contributed by atoms with van der Waals surface area (Å²) in [5, 5.41) is 4.01. The normalized spacial score (nSPS) is 18.9. The fraction of sp³-hybridized carbons (Fsp3) is 0.647. The van der Waals surface area contributed by atoms with Gasteiger partial charge in [0.15, 0.2) is 11.5 Å². The van der Waals surface area contributed by atoms with E-state index in [-0.39, 0.29) is 6.10 Å². The lowest BCUT2D eigenvalue weighted by Gasteiger charge is -2.32. The number of morpholine rings is 1. The molecule has 1 aliphatic heterocycles. The summed E-state index contributed by atoms with van der Waals surface area (Å²) >= 11 is 6.27. The van der Waals surface area contributed by atoms with Crippen molar-refractivity contribution in [2.24, 2.45) is 0 Å². The summed E-state index contributed by atoms with van der Waals surface area (Å²) in [6.07, 6.45) is 0.240. The van der Waals surface area contributed by atoms with Crippen LogP contribution >= 0.6 is 11.6 Å². The van der Waals surface area contributed by atoms with Crippen molar-refractivity contribution in [3.8, 4) is 11.5 Å². The van der Waals surface area contributed by atoms with Crippen LogP contribution in [0.2, 0.25) is 5.02 Å². The van der Waals surface area contributed by atoms with E-state index in [0.717, 1.165) is 44.9 Å². The van der Waals surface area contributed by atoms with Gasteiger partial charge in [0.1, 0.15) is 0 Å². The van der Waals surface area contributed by atoms with Crippen LogP contribution in [-0.2, 0) is 11.3 Å². The molecule has 0 unspecified atom stereocenters. The Hall–Kier alpha value is -1.01. The Balaban J connectivity index is 1.90. The van der Waals surface area contributed by atoms with Gasteiger partial charge in [0, 0.05) is 26.2 Å². The molecule has 0 aromatic heterocycles. The molecule has 5 nitrogen and oxygen atoms in total. The van der Waals surface area contributed by atoms with Gasteiger partial charge >= 0.3 is 0 Å². The first kappa shape index (κ1) is 18.3. The van der Waals surface area contributed by atoms with Crippen molar-refractivity contribution in [3.63, 3.8) is 0 Å². The molecule has 1 fully saturated rings. The Morgan fingerprint density at radius 3 is 2.91 bits per heavy atom. The molecular formula is C17H27ClN2O3. The maximum atomic E-state index is 6.27. The van der Waals surface area contributed by atoms with Gasteiger partial charge in [-0.2, -0.15) is 0 Å². The van der Waals surface area contributed by atoms with E-state index >= 15 is 0 Å². The van der Waals surface area contributed by atoms with E-state index in [1.54, 1.807) is 7.11 Å². The Morgan fingerprint density at radius 2 is 2.22 bits per heavy atom. The predicted octanol–water partition coefficient (Wildman–Crippen LogP) is 2.56. The van der Waals surface area contributed by atoms with Crippen molar-refractivity contribution in [1.29, 1.82) is 0 Å². The third-order valence-corrected chi connectivity index (χ3v) is 4.23. The fourth-order valence-electron chi connectivity index (χ4n) is 2.75. The summed E-state index contributed by atoms with van der Waals surface area (Å²) in [4.78, 5) is 2.41. The van der Waals surface area contributed by atoms with E-state index in [1.807, 2.05) is 19.1 Å². The third-order valence-electron chi connectivity index (χ3n) is 3.94. The summed E-state index contributed by atoms with van der Waals surface area (Å²) in [7, 11) is 1.60. The maximum Gasteiger partial charge on any atom is 0.179 e. The number of nitrogens with one attached hydrogen (secondary N) is 1. The summed E-state index contributed by atoms with van der Waals surface area (Å²) in [5.74, 6) is 1.27. The molecule has 1 aromatic rings. The summed E-state index contributed by atoms with van der Waals surface area (Å²) < 4.78 is 16.7. The van der Waals surface area contributed by atoms with E-state index in [0.29, 0.717) is 23.1 Å². The van der Waals surface area contributed by atoms with Gasteiger partial charge in [-0.25, -0.2) is 0 Å². The van der Waals surface area contributed by atoms with Crippen molar-refractivity contribution in [2.75, 3.05) is 46.5 Å². The predicted molar refractivity (Wildman–Crippen MR) is 92.7 cm³/mol. The van der Waals surface area contributed by atoms with Gasteiger partial charge < -0.3 is 19.5 Å². The number of likely N-dealkylation sites (N-methyl/N-ethyl adjacent to an activating group) is 1. The first-order chi connectivity index (χ1) is 11.2. The number of hydrogen-bond acceptors (Lipinski definition) is 5. The zero-order valence-corrected chi connectivity index (χ0v) is 15.0. The highest BCUT2D eigenvalue weighted by Gasteiger charge is 2.19. The van der Waals surface area contributed by atoms with Gasteiger partial charge in [-0.05, 0) is 31.2 Å². The molecule has 0 saturated carbocycles. The minimum absolute atomic E-state index is 0.240. The van der Waals surface area contributed by atoms with Crippen LogP contribution in [0.25, 0.3) is 0 Å². The molecule has 6 heteroatoms. The molecule has 130 valence electrons. The van der Waals surface area contributed by atoms with Crippen LogP contribution in [0, 0.1) is 0 Å². The van der Waals surface area contributed by atoms with Crippen molar-refractivity contribution in [2.45, 2.75) is 26.5 Å². The van der Waals surface area contributed by atoms with Gasteiger partial charge in [-0.1, -0.05) is 18.5 Å². The number of ether oxygens (including phenoxy) is 3. The molecule has 2 rings (SSSR count). The summed E-state index contributed by atoms with van der Waals surface area (Å²) in [5.41, 5.74) is 1.07. The SMILES string of the molecule is CCOc1cc(CNC[C@H]2CN(CC)CCO2)cc(Cl)c1OC. The highest BCUT2D eigenvalue weighted by Crippen LogP contribution is 2.36. The minimum Gasteiger partial charge on any atom is -0.491 e. The first-order valence-electron chi connectivity index (χ1n) is 8.21. The van der Waals surface area contributed by atoms with Gasteiger partial charge in [0.05, 0.1) is 31.5 Å². The Bertz CT molecular complexity index is 499. The second-order valence-corrected chi connectivity index (χ2v) is 5.97. The molecule has 0 amide bonds. The summed E-state index contributed by atoms with van der Waals surface area (Å²) in [6.45, 7) is 10.1. The largest absolute Gasteiger partial charge is 0.491 e. The van der Waals surface area contributed by atoms with Gasteiger partial charge in [-0.3, -0.25) is 4.90 Å². The molecule has 1 saturated heterocycles. The van der Waals surface area contributed by atoms with Crippen LogP contribution in [0.3, 0.4) is 0 Å². The van der Waals surface area contributed by atoms with Crippen LogP contribution < -0.4 is 14.8 Å². The maximum absolute atomic E-state index is 6.27. The molecule has 1 aromatic carbocycles. The Kier molecular flexibility index (Phi) is 7.43. The van der Waals surface area contributed by atoms with Gasteiger partial charge in [-0.15, -0.1) is 0 Å². The van der Waals surface area contributed by atoms with Crippen molar-refractivity contribution < 1.29 is 14.2 Å². The zero-order valence-electron chi connectivity index (χ0n) is 14.2. The molecule has 0 aliphatic carbocycles. The highest BCUT2D eigenvalue weighted by atomic mass is 35.5. The average molecular weight is 343 g/mol. The van der Waals surface area contributed by atoms with Crippen LogP contribution in [-0.4, -0.2) is 57.5 Å². The number of halogens is 1. The van der Waals surface area contributed by atoms with E-state index in [4.69, 9.17) is 25.8 Å². The summed E-state index contributed by atoms with van der Waals surface area (Å²) in [6, 6.07) is 3.89.